The first-order valence-corrected chi connectivity index (χ1v) is 10.7. The number of thiazole rings is 1. The van der Waals surface area contributed by atoms with Crippen molar-refractivity contribution in [3.8, 4) is 11.3 Å². The molecule has 2 N–H and O–H groups in total. The van der Waals surface area contributed by atoms with Crippen LogP contribution in [0.1, 0.15) is 31.4 Å². The van der Waals surface area contributed by atoms with Gasteiger partial charge in [-0.2, -0.15) is 0 Å². The van der Waals surface area contributed by atoms with Crippen LogP contribution in [0.2, 0.25) is 0 Å². The van der Waals surface area contributed by atoms with Gasteiger partial charge >= 0.3 is 0 Å². The molecule has 0 radical (unpaired) electrons. The van der Waals surface area contributed by atoms with E-state index in [1.54, 1.807) is 11.3 Å². The molecule has 1 saturated heterocycles. The highest BCUT2D eigenvalue weighted by atomic mass is 32.1. The number of likely N-dealkylation sites (N-methyl/N-ethyl adjacent to an activating group) is 1. The molecule has 1 fully saturated rings. The van der Waals surface area contributed by atoms with Crippen LogP contribution in [-0.4, -0.2) is 36.1 Å². The number of anilines is 2. The summed E-state index contributed by atoms with van der Waals surface area (Å²) in [5, 5.41) is 10.2. The van der Waals surface area contributed by atoms with E-state index in [-0.39, 0.29) is 6.04 Å². The van der Waals surface area contributed by atoms with Crippen molar-refractivity contribution in [2.75, 3.05) is 30.4 Å². The normalized spacial score (nSPS) is 17.4. The summed E-state index contributed by atoms with van der Waals surface area (Å²) in [4.78, 5) is 11.6. The molecule has 1 aliphatic heterocycles. The Hall–Kier alpha value is -2.44. The van der Waals surface area contributed by atoms with Crippen LogP contribution in [0.15, 0.2) is 54.0 Å². The molecule has 1 aliphatic rings. The topological polar surface area (TPSA) is 53.1 Å². The van der Waals surface area contributed by atoms with Crippen molar-refractivity contribution in [2.24, 2.45) is 0 Å². The van der Waals surface area contributed by atoms with Crippen LogP contribution in [0.25, 0.3) is 11.3 Å². The summed E-state index contributed by atoms with van der Waals surface area (Å²) in [6.07, 6.45) is 4.37. The van der Waals surface area contributed by atoms with E-state index in [4.69, 9.17) is 4.98 Å². The van der Waals surface area contributed by atoms with Gasteiger partial charge in [-0.1, -0.05) is 30.3 Å². The fraction of sp³-hybridized carbons (Fsp3) is 0.364. The molecule has 2 unspecified atom stereocenters. The molecule has 0 spiro atoms. The number of nitrogens with zero attached hydrogens (tertiary/aromatic N) is 3. The second kappa shape index (κ2) is 8.71. The van der Waals surface area contributed by atoms with E-state index in [2.05, 4.69) is 70.2 Å². The summed E-state index contributed by atoms with van der Waals surface area (Å²) in [5.41, 5.74) is 3.34. The minimum Gasteiger partial charge on any atom is -0.364 e. The van der Waals surface area contributed by atoms with Gasteiger partial charge in [0.15, 0.2) is 5.13 Å². The lowest BCUT2D eigenvalue weighted by molar-refractivity contribution is 0.599. The van der Waals surface area contributed by atoms with Gasteiger partial charge < -0.3 is 15.5 Å². The van der Waals surface area contributed by atoms with Gasteiger partial charge in [0.05, 0.1) is 5.69 Å². The highest BCUT2D eigenvalue weighted by Gasteiger charge is 2.18. The SMILES string of the molecule is CC(Nc1cc(-c2csc(N(C)CC3CCCN3)n2)ccn1)c1ccccc1. The van der Waals surface area contributed by atoms with Crippen LogP contribution in [-0.2, 0) is 0 Å². The number of hydrogen-bond donors (Lipinski definition) is 2. The van der Waals surface area contributed by atoms with Crippen molar-refractivity contribution in [3.63, 3.8) is 0 Å². The standard InChI is InChI=1S/C22H27N5S/c1-16(17-7-4-3-5-8-17)25-21-13-18(10-12-24-21)20-15-28-22(26-20)27(2)14-19-9-6-11-23-19/h3-5,7-8,10,12-13,15-16,19,23H,6,9,11,14H2,1-2H3,(H,24,25). The molecule has 1 aromatic carbocycles. The Morgan fingerprint density at radius 2 is 2.14 bits per heavy atom. The quantitative estimate of drug-likeness (QED) is 0.616. The predicted molar refractivity (Wildman–Crippen MR) is 118 cm³/mol. The van der Waals surface area contributed by atoms with Gasteiger partial charge in [-0.15, -0.1) is 11.3 Å². The van der Waals surface area contributed by atoms with Crippen molar-refractivity contribution >= 4 is 22.3 Å². The molecule has 0 saturated carbocycles. The third-order valence-corrected chi connectivity index (χ3v) is 6.15. The lowest BCUT2D eigenvalue weighted by atomic mass is 10.1. The Kier molecular flexibility index (Phi) is 5.88. The second-order valence-corrected chi connectivity index (χ2v) is 8.23. The average Bonchev–Trinajstić information content (AvgIpc) is 3.41. The summed E-state index contributed by atoms with van der Waals surface area (Å²) in [5.74, 6) is 0.868. The molecule has 2 atom stereocenters. The molecular formula is C22H27N5S. The second-order valence-electron chi connectivity index (χ2n) is 7.40. The third kappa shape index (κ3) is 4.51. The van der Waals surface area contributed by atoms with Gasteiger partial charge in [-0.05, 0) is 44.0 Å². The molecule has 0 bridgehead atoms. The van der Waals surface area contributed by atoms with E-state index < -0.39 is 0 Å². The Morgan fingerprint density at radius 3 is 2.93 bits per heavy atom. The van der Waals surface area contributed by atoms with E-state index >= 15 is 0 Å². The molecule has 4 rings (SSSR count). The predicted octanol–water partition coefficient (Wildman–Crippen LogP) is 4.57. The van der Waals surface area contributed by atoms with Crippen LogP contribution < -0.4 is 15.5 Å². The lowest BCUT2D eigenvalue weighted by Crippen LogP contribution is -2.35. The van der Waals surface area contributed by atoms with Crippen LogP contribution in [0.5, 0.6) is 0 Å². The minimum absolute atomic E-state index is 0.194. The Bertz CT molecular complexity index is 889. The number of aromatic nitrogens is 2. The fourth-order valence-corrected chi connectivity index (χ4v) is 4.42. The third-order valence-electron chi connectivity index (χ3n) is 5.19. The highest BCUT2D eigenvalue weighted by molar-refractivity contribution is 7.14. The van der Waals surface area contributed by atoms with Gasteiger partial charge in [-0.3, -0.25) is 0 Å². The van der Waals surface area contributed by atoms with E-state index in [0.29, 0.717) is 6.04 Å². The van der Waals surface area contributed by atoms with E-state index in [1.165, 1.54) is 18.4 Å². The summed E-state index contributed by atoms with van der Waals surface area (Å²) in [7, 11) is 2.13. The molecule has 146 valence electrons. The van der Waals surface area contributed by atoms with Crippen LogP contribution in [0, 0.1) is 0 Å². The molecule has 5 nitrogen and oxygen atoms in total. The van der Waals surface area contributed by atoms with Gasteiger partial charge in [0.1, 0.15) is 5.82 Å². The molecule has 6 heteroatoms. The summed E-state index contributed by atoms with van der Waals surface area (Å²) >= 11 is 1.70. The number of pyridine rings is 1. The van der Waals surface area contributed by atoms with Crippen molar-refractivity contribution in [3.05, 3.63) is 59.6 Å². The van der Waals surface area contributed by atoms with Crippen molar-refractivity contribution in [1.82, 2.24) is 15.3 Å². The Morgan fingerprint density at radius 1 is 1.29 bits per heavy atom. The number of nitrogens with one attached hydrogen (secondary N) is 2. The molecular weight excluding hydrogens is 366 g/mol. The minimum atomic E-state index is 0.194. The van der Waals surface area contributed by atoms with E-state index in [1.807, 2.05) is 18.3 Å². The van der Waals surface area contributed by atoms with E-state index in [9.17, 15) is 0 Å². The first kappa shape index (κ1) is 18.9. The average molecular weight is 394 g/mol. The van der Waals surface area contributed by atoms with Crippen LogP contribution >= 0.6 is 11.3 Å². The van der Waals surface area contributed by atoms with Gasteiger partial charge in [-0.25, -0.2) is 9.97 Å². The zero-order chi connectivity index (χ0) is 19.3. The van der Waals surface area contributed by atoms with Gasteiger partial charge in [0.2, 0.25) is 0 Å². The molecule has 3 heterocycles. The Balaban J connectivity index is 1.45. The summed E-state index contributed by atoms with van der Waals surface area (Å²) in [6, 6.07) is 15.3. The molecule has 3 aromatic rings. The maximum atomic E-state index is 4.86. The van der Waals surface area contributed by atoms with Crippen LogP contribution in [0.3, 0.4) is 0 Å². The molecule has 28 heavy (non-hydrogen) atoms. The largest absolute Gasteiger partial charge is 0.364 e. The van der Waals surface area contributed by atoms with E-state index in [0.717, 1.165) is 35.3 Å². The molecule has 2 aromatic heterocycles. The molecule has 0 amide bonds. The van der Waals surface area contributed by atoms with Gasteiger partial charge in [0.25, 0.3) is 0 Å². The van der Waals surface area contributed by atoms with Crippen LogP contribution in [0.4, 0.5) is 10.9 Å². The number of hydrogen-bond acceptors (Lipinski definition) is 6. The highest BCUT2D eigenvalue weighted by Crippen LogP contribution is 2.29. The molecule has 0 aliphatic carbocycles. The zero-order valence-corrected chi connectivity index (χ0v) is 17.2. The van der Waals surface area contributed by atoms with Crippen molar-refractivity contribution in [1.29, 1.82) is 0 Å². The van der Waals surface area contributed by atoms with Crippen molar-refractivity contribution in [2.45, 2.75) is 31.8 Å². The maximum Gasteiger partial charge on any atom is 0.185 e. The number of benzene rings is 1. The monoisotopic (exact) mass is 393 g/mol. The fourth-order valence-electron chi connectivity index (χ4n) is 3.61. The smallest absolute Gasteiger partial charge is 0.185 e. The summed E-state index contributed by atoms with van der Waals surface area (Å²) in [6.45, 7) is 4.29. The van der Waals surface area contributed by atoms with Gasteiger partial charge in [0, 0.05) is 42.8 Å². The first-order chi connectivity index (χ1) is 13.7. The Labute approximate surface area is 170 Å². The van der Waals surface area contributed by atoms with Crippen molar-refractivity contribution < 1.29 is 0 Å². The number of rotatable bonds is 7. The maximum absolute atomic E-state index is 4.86. The first-order valence-electron chi connectivity index (χ1n) is 9.87. The summed E-state index contributed by atoms with van der Waals surface area (Å²) < 4.78 is 0. The zero-order valence-electron chi connectivity index (χ0n) is 16.4. The lowest BCUT2D eigenvalue weighted by Gasteiger charge is -2.20.